The van der Waals surface area contributed by atoms with E-state index in [9.17, 15) is 8.42 Å². The summed E-state index contributed by atoms with van der Waals surface area (Å²) in [6, 6.07) is 11.0. The lowest BCUT2D eigenvalue weighted by atomic mass is 9.87. The summed E-state index contributed by atoms with van der Waals surface area (Å²) in [5, 5.41) is 9.34. The minimum absolute atomic E-state index is 0.221. The number of hydrogen-bond acceptors (Lipinski definition) is 8. The molecule has 0 bridgehead atoms. The van der Waals surface area contributed by atoms with Gasteiger partial charge in [0.2, 0.25) is 5.95 Å². The number of para-hydroxylation sites is 1. The van der Waals surface area contributed by atoms with Crippen LogP contribution in [0, 0.1) is 6.92 Å². The lowest BCUT2D eigenvalue weighted by Crippen LogP contribution is -2.27. The van der Waals surface area contributed by atoms with Crippen LogP contribution in [0.1, 0.15) is 49.3 Å². The Morgan fingerprint density at radius 3 is 2.54 bits per heavy atom. The smallest absolute Gasteiger partial charge is 0.229 e. The predicted octanol–water partition coefficient (Wildman–Crippen LogP) is 5.57. The van der Waals surface area contributed by atoms with Gasteiger partial charge in [-0.15, -0.1) is 0 Å². The Morgan fingerprint density at radius 2 is 1.86 bits per heavy atom. The lowest BCUT2D eigenvalue weighted by molar-refractivity contribution is 0.413. The van der Waals surface area contributed by atoms with Gasteiger partial charge in [-0.2, -0.15) is 4.98 Å². The molecule has 0 unspecified atom stereocenters. The molecular weight excluding hydrogens is 486 g/mol. The number of nitrogens with zero attached hydrogens (tertiary/aromatic N) is 2. The highest BCUT2D eigenvalue weighted by Crippen LogP contribution is 2.37. The van der Waals surface area contributed by atoms with E-state index in [4.69, 9.17) is 4.74 Å². The molecule has 196 valence electrons. The van der Waals surface area contributed by atoms with Crippen LogP contribution >= 0.6 is 0 Å². The van der Waals surface area contributed by atoms with E-state index in [-0.39, 0.29) is 4.90 Å². The van der Waals surface area contributed by atoms with Gasteiger partial charge in [0.05, 0.1) is 28.6 Å². The summed E-state index contributed by atoms with van der Waals surface area (Å²) in [5.74, 6) is 2.02. The van der Waals surface area contributed by atoms with Crippen molar-refractivity contribution in [3.05, 3.63) is 65.9 Å². The van der Waals surface area contributed by atoms with Gasteiger partial charge in [-0.05, 0) is 88.0 Å². The highest BCUT2D eigenvalue weighted by Gasteiger charge is 2.23. The normalized spacial score (nSPS) is 14.4. The zero-order valence-corrected chi connectivity index (χ0v) is 22.7. The fraction of sp³-hybridized carbons (Fsp3) is 0.357. The fourth-order valence-electron chi connectivity index (χ4n) is 4.56. The number of rotatable bonds is 9. The van der Waals surface area contributed by atoms with Gasteiger partial charge in [0.25, 0.3) is 0 Å². The number of aryl methyl sites for hydroxylation is 1. The van der Waals surface area contributed by atoms with Gasteiger partial charge in [0.1, 0.15) is 11.6 Å². The van der Waals surface area contributed by atoms with Crippen LogP contribution in [0.5, 0.6) is 5.75 Å². The molecule has 0 radical (unpaired) electrons. The molecule has 4 rings (SSSR count). The molecule has 0 atom stereocenters. The molecule has 0 aliphatic carbocycles. The molecule has 1 aliphatic rings. The van der Waals surface area contributed by atoms with Gasteiger partial charge in [-0.3, -0.25) is 0 Å². The van der Waals surface area contributed by atoms with Crippen LogP contribution in [0.25, 0.3) is 6.08 Å². The van der Waals surface area contributed by atoms with Crippen LogP contribution < -0.4 is 20.7 Å². The van der Waals surface area contributed by atoms with Gasteiger partial charge in [0.15, 0.2) is 9.84 Å². The Labute approximate surface area is 219 Å². The van der Waals surface area contributed by atoms with Crippen molar-refractivity contribution >= 4 is 39.1 Å². The Bertz CT molecular complexity index is 1380. The van der Waals surface area contributed by atoms with Crippen molar-refractivity contribution in [1.82, 2.24) is 15.3 Å². The van der Waals surface area contributed by atoms with E-state index < -0.39 is 15.1 Å². The standard InChI is InChI=1S/C28H35N5O3S/c1-6-20-17-30-28(33-27(20)31-23-9-7-8-10-26(23)37(34,35)18(2)3)32-24-15-19(4)22(16-25(24)36-5)21-11-13-29-14-12-21/h6-10,15-18,21,29H,1,11-14H2,2-5H3,(H2,30,31,32,33). The Morgan fingerprint density at radius 1 is 1.14 bits per heavy atom. The number of benzene rings is 2. The van der Waals surface area contributed by atoms with Crippen molar-refractivity contribution in [2.75, 3.05) is 30.8 Å². The molecule has 2 aromatic carbocycles. The summed E-state index contributed by atoms with van der Waals surface area (Å²) in [4.78, 5) is 9.33. The summed E-state index contributed by atoms with van der Waals surface area (Å²) < 4.78 is 31.6. The van der Waals surface area contributed by atoms with E-state index in [2.05, 4.69) is 51.6 Å². The molecule has 1 saturated heterocycles. The summed E-state index contributed by atoms with van der Waals surface area (Å²) in [7, 11) is -1.85. The molecule has 1 aliphatic heterocycles. The Balaban J connectivity index is 1.66. The topological polar surface area (TPSA) is 105 Å². The molecule has 2 heterocycles. The highest BCUT2D eigenvalue weighted by atomic mass is 32.2. The molecule has 8 nitrogen and oxygen atoms in total. The molecule has 3 N–H and O–H groups in total. The first-order chi connectivity index (χ1) is 17.7. The zero-order valence-electron chi connectivity index (χ0n) is 21.8. The summed E-state index contributed by atoms with van der Waals surface area (Å²) in [5.41, 5.74) is 4.34. The van der Waals surface area contributed by atoms with Crippen LogP contribution in [0.15, 0.2) is 54.1 Å². The molecule has 9 heteroatoms. The van der Waals surface area contributed by atoms with Crippen molar-refractivity contribution in [3.63, 3.8) is 0 Å². The van der Waals surface area contributed by atoms with E-state index in [0.29, 0.717) is 28.9 Å². The second-order valence-corrected chi connectivity index (χ2v) is 11.9. The minimum Gasteiger partial charge on any atom is -0.495 e. The molecular formula is C28H35N5O3S. The second kappa shape index (κ2) is 11.3. The average Bonchev–Trinajstić information content (AvgIpc) is 2.89. The maximum Gasteiger partial charge on any atom is 0.229 e. The number of ether oxygens (including phenoxy) is 1. The van der Waals surface area contributed by atoms with E-state index in [1.165, 1.54) is 11.1 Å². The van der Waals surface area contributed by atoms with E-state index in [1.54, 1.807) is 57.5 Å². The van der Waals surface area contributed by atoms with Crippen molar-refractivity contribution in [2.24, 2.45) is 0 Å². The molecule has 0 amide bonds. The van der Waals surface area contributed by atoms with Crippen molar-refractivity contribution in [2.45, 2.75) is 49.7 Å². The van der Waals surface area contributed by atoms with Gasteiger partial charge < -0.3 is 20.7 Å². The number of methoxy groups -OCH3 is 1. The second-order valence-electron chi connectivity index (χ2n) is 9.47. The zero-order chi connectivity index (χ0) is 26.6. The number of nitrogens with one attached hydrogen (secondary N) is 3. The van der Waals surface area contributed by atoms with E-state index in [1.807, 2.05) is 0 Å². The first-order valence-electron chi connectivity index (χ1n) is 12.5. The van der Waals surface area contributed by atoms with E-state index >= 15 is 0 Å². The highest BCUT2D eigenvalue weighted by molar-refractivity contribution is 7.92. The third-order valence-electron chi connectivity index (χ3n) is 6.72. The average molecular weight is 522 g/mol. The van der Waals surface area contributed by atoms with E-state index in [0.717, 1.165) is 37.4 Å². The molecule has 0 saturated carbocycles. The van der Waals surface area contributed by atoms with Gasteiger partial charge in [0, 0.05) is 11.8 Å². The lowest BCUT2D eigenvalue weighted by Gasteiger charge is -2.25. The fourth-order valence-corrected chi connectivity index (χ4v) is 5.77. The largest absolute Gasteiger partial charge is 0.495 e. The first kappa shape index (κ1) is 26.6. The van der Waals surface area contributed by atoms with Crippen LogP contribution in [-0.4, -0.2) is 43.8 Å². The third-order valence-corrected chi connectivity index (χ3v) is 8.93. The summed E-state index contributed by atoms with van der Waals surface area (Å²) >= 11 is 0. The first-order valence-corrected chi connectivity index (χ1v) is 14.0. The van der Waals surface area contributed by atoms with Gasteiger partial charge in [-0.25, -0.2) is 13.4 Å². The number of hydrogen-bond donors (Lipinski definition) is 3. The maximum atomic E-state index is 12.9. The molecule has 37 heavy (non-hydrogen) atoms. The number of anilines is 4. The minimum atomic E-state index is -3.50. The molecule has 3 aromatic rings. The predicted molar refractivity (Wildman–Crippen MR) is 150 cm³/mol. The summed E-state index contributed by atoms with van der Waals surface area (Å²) in [6.07, 6.45) is 5.48. The quantitative estimate of drug-likeness (QED) is 0.336. The van der Waals surface area contributed by atoms with Crippen molar-refractivity contribution in [3.8, 4) is 5.75 Å². The van der Waals surface area contributed by atoms with Crippen LogP contribution in [0.3, 0.4) is 0 Å². The van der Waals surface area contributed by atoms with Crippen LogP contribution in [-0.2, 0) is 9.84 Å². The van der Waals surface area contributed by atoms with Crippen LogP contribution in [0.4, 0.5) is 23.1 Å². The summed E-state index contributed by atoms with van der Waals surface area (Å²) in [6.45, 7) is 11.3. The number of aromatic nitrogens is 2. The Hall–Kier alpha value is -3.43. The SMILES string of the molecule is C=Cc1cnc(Nc2cc(C)c(C3CCNCC3)cc2OC)nc1Nc1ccccc1S(=O)(=O)C(C)C. The van der Waals surface area contributed by atoms with Crippen LogP contribution in [0.2, 0.25) is 0 Å². The number of piperidine rings is 1. The van der Waals surface area contributed by atoms with Gasteiger partial charge in [-0.1, -0.05) is 24.8 Å². The monoisotopic (exact) mass is 521 g/mol. The molecule has 0 spiro atoms. The third kappa shape index (κ3) is 5.78. The van der Waals surface area contributed by atoms with Crippen molar-refractivity contribution in [1.29, 1.82) is 0 Å². The van der Waals surface area contributed by atoms with Crippen molar-refractivity contribution < 1.29 is 13.2 Å². The maximum absolute atomic E-state index is 12.9. The Kier molecular flexibility index (Phi) is 8.14. The number of sulfone groups is 1. The molecule has 1 aromatic heterocycles. The van der Waals surface area contributed by atoms with Gasteiger partial charge >= 0.3 is 0 Å². The molecule has 1 fully saturated rings.